The SMILES string of the molecule is CCCOCCOc1ccc(-c2ccc(OCC)c(/C=C/C(=O)Nc3ccc([S@](=O)Cc4cncn4CCC)cc3)c2)cc1. The molecule has 1 amide bonds. The van der Waals surface area contributed by atoms with Crippen LogP contribution in [0.3, 0.4) is 0 Å². The number of nitrogens with one attached hydrogen (secondary N) is 1. The van der Waals surface area contributed by atoms with E-state index in [1.54, 1.807) is 42.9 Å². The fourth-order valence-electron chi connectivity index (χ4n) is 4.52. The van der Waals surface area contributed by atoms with E-state index in [0.717, 1.165) is 54.1 Å². The van der Waals surface area contributed by atoms with Crippen molar-refractivity contribution in [1.29, 1.82) is 0 Å². The van der Waals surface area contributed by atoms with E-state index in [-0.39, 0.29) is 5.91 Å². The molecule has 1 heterocycles. The number of benzene rings is 3. The molecule has 1 atom stereocenters. The van der Waals surface area contributed by atoms with E-state index in [1.807, 2.05) is 54.0 Å². The average molecular weight is 616 g/mol. The number of aromatic nitrogens is 2. The number of nitrogens with zero attached hydrogens (tertiary/aromatic N) is 2. The Bertz CT molecular complexity index is 1530. The fourth-order valence-corrected chi connectivity index (χ4v) is 5.64. The highest BCUT2D eigenvalue weighted by atomic mass is 32.2. The van der Waals surface area contributed by atoms with Gasteiger partial charge in [-0.1, -0.05) is 32.0 Å². The first-order chi connectivity index (χ1) is 21.5. The first kappa shape index (κ1) is 32.7. The van der Waals surface area contributed by atoms with Gasteiger partial charge in [-0.3, -0.25) is 9.00 Å². The molecule has 0 saturated carbocycles. The maximum atomic E-state index is 12.9. The number of hydrogen-bond acceptors (Lipinski definition) is 6. The topological polar surface area (TPSA) is 91.7 Å². The minimum atomic E-state index is -1.22. The molecule has 0 aliphatic heterocycles. The Labute approximate surface area is 262 Å². The molecule has 1 N–H and O–H groups in total. The van der Waals surface area contributed by atoms with Gasteiger partial charge in [0.1, 0.15) is 18.1 Å². The van der Waals surface area contributed by atoms with Crippen molar-refractivity contribution in [2.45, 2.75) is 50.8 Å². The predicted molar refractivity (Wildman–Crippen MR) is 176 cm³/mol. The normalized spacial score (nSPS) is 11.9. The van der Waals surface area contributed by atoms with Gasteiger partial charge >= 0.3 is 0 Å². The number of carbonyl (C=O) groups is 1. The summed E-state index contributed by atoms with van der Waals surface area (Å²) in [7, 11) is -1.22. The molecule has 8 nitrogen and oxygen atoms in total. The molecule has 0 radical (unpaired) electrons. The molecule has 0 unspecified atom stereocenters. The van der Waals surface area contributed by atoms with Crippen molar-refractivity contribution in [2.75, 3.05) is 31.7 Å². The molecule has 3 aromatic carbocycles. The van der Waals surface area contributed by atoms with E-state index in [0.29, 0.717) is 41.9 Å². The van der Waals surface area contributed by atoms with Gasteiger partial charge in [0, 0.05) is 41.6 Å². The Hall–Kier alpha value is -4.21. The highest BCUT2D eigenvalue weighted by Crippen LogP contribution is 2.29. The van der Waals surface area contributed by atoms with Crippen LogP contribution in [-0.2, 0) is 32.6 Å². The van der Waals surface area contributed by atoms with Crippen molar-refractivity contribution in [3.63, 3.8) is 0 Å². The second kappa shape index (κ2) is 17.2. The van der Waals surface area contributed by atoms with Crippen LogP contribution in [-0.4, -0.2) is 46.1 Å². The molecule has 0 bridgehead atoms. The number of aryl methyl sites for hydroxylation is 1. The van der Waals surface area contributed by atoms with Crippen molar-refractivity contribution in [3.05, 3.63) is 96.6 Å². The summed E-state index contributed by atoms with van der Waals surface area (Å²) in [6, 6.07) is 20.9. The van der Waals surface area contributed by atoms with E-state index in [2.05, 4.69) is 24.1 Å². The minimum absolute atomic E-state index is 0.278. The van der Waals surface area contributed by atoms with Crippen molar-refractivity contribution >= 4 is 28.5 Å². The average Bonchev–Trinajstić information content (AvgIpc) is 3.47. The zero-order valence-corrected chi connectivity index (χ0v) is 26.5. The van der Waals surface area contributed by atoms with Crippen LogP contribution >= 0.6 is 0 Å². The molecule has 0 aliphatic carbocycles. The van der Waals surface area contributed by atoms with E-state index in [4.69, 9.17) is 14.2 Å². The highest BCUT2D eigenvalue weighted by Gasteiger charge is 2.10. The van der Waals surface area contributed by atoms with Gasteiger partial charge in [0.15, 0.2) is 0 Å². The third-order valence-electron chi connectivity index (χ3n) is 6.68. The lowest BCUT2D eigenvalue weighted by molar-refractivity contribution is -0.111. The lowest BCUT2D eigenvalue weighted by Crippen LogP contribution is -2.08. The number of rotatable bonds is 17. The van der Waals surface area contributed by atoms with Gasteiger partial charge in [-0.05, 0) is 85.5 Å². The monoisotopic (exact) mass is 615 g/mol. The van der Waals surface area contributed by atoms with Gasteiger partial charge in [0.05, 0.1) is 41.8 Å². The molecule has 9 heteroatoms. The van der Waals surface area contributed by atoms with Crippen LogP contribution in [0.4, 0.5) is 5.69 Å². The van der Waals surface area contributed by atoms with Crippen LogP contribution < -0.4 is 14.8 Å². The Morgan fingerprint density at radius 2 is 1.68 bits per heavy atom. The molecule has 0 fully saturated rings. The predicted octanol–water partition coefficient (Wildman–Crippen LogP) is 7.12. The summed E-state index contributed by atoms with van der Waals surface area (Å²) in [4.78, 5) is 17.7. The number of imidazole rings is 1. The second-order valence-corrected chi connectivity index (χ2v) is 11.5. The van der Waals surface area contributed by atoms with Crippen LogP contribution in [0.25, 0.3) is 17.2 Å². The number of amides is 1. The smallest absolute Gasteiger partial charge is 0.248 e. The summed E-state index contributed by atoms with van der Waals surface area (Å²) in [5, 5.41) is 2.88. The zero-order chi connectivity index (χ0) is 31.1. The van der Waals surface area contributed by atoms with E-state index in [9.17, 15) is 9.00 Å². The van der Waals surface area contributed by atoms with Crippen LogP contribution in [0.2, 0.25) is 0 Å². The van der Waals surface area contributed by atoms with Crippen molar-refractivity contribution in [3.8, 4) is 22.6 Å². The summed E-state index contributed by atoms with van der Waals surface area (Å²) >= 11 is 0. The molecule has 1 aromatic heterocycles. The maximum absolute atomic E-state index is 12.9. The van der Waals surface area contributed by atoms with Gasteiger partial charge in [0.2, 0.25) is 5.91 Å². The van der Waals surface area contributed by atoms with Crippen LogP contribution in [0, 0.1) is 0 Å². The zero-order valence-electron chi connectivity index (χ0n) is 25.7. The third-order valence-corrected chi connectivity index (χ3v) is 8.04. The minimum Gasteiger partial charge on any atom is -0.493 e. The summed E-state index contributed by atoms with van der Waals surface area (Å²) < 4.78 is 32.0. The Morgan fingerprint density at radius 1 is 0.909 bits per heavy atom. The molecule has 232 valence electrons. The number of anilines is 1. The lowest BCUT2D eigenvalue weighted by atomic mass is 10.0. The number of carbonyl (C=O) groups excluding carboxylic acids is 1. The van der Waals surface area contributed by atoms with E-state index in [1.165, 1.54) is 6.08 Å². The molecular weight excluding hydrogens is 574 g/mol. The summed E-state index contributed by atoms with van der Waals surface area (Å²) in [6.07, 6.45) is 8.75. The summed E-state index contributed by atoms with van der Waals surface area (Å²) in [5.74, 6) is 1.59. The first-order valence-corrected chi connectivity index (χ1v) is 16.4. The number of hydrogen-bond donors (Lipinski definition) is 1. The molecule has 0 aliphatic rings. The Kier molecular flexibility index (Phi) is 12.8. The molecular formula is C35H41N3O5S. The molecule has 4 rings (SSSR count). The van der Waals surface area contributed by atoms with E-state index >= 15 is 0 Å². The largest absolute Gasteiger partial charge is 0.493 e. The van der Waals surface area contributed by atoms with Gasteiger partial charge in [0.25, 0.3) is 0 Å². The highest BCUT2D eigenvalue weighted by molar-refractivity contribution is 7.84. The summed E-state index contributed by atoms with van der Waals surface area (Å²) in [5.41, 5.74) is 4.37. The first-order valence-electron chi connectivity index (χ1n) is 15.0. The molecule has 4 aromatic rings. The fraction of sp³-hybridized carbons (Fsp3) is 0.314. The standard InChI is InChI=1S/C35H41N3O5S/c1-4-19-38-26-36-24-31(38)25-44(40)33-15-11-30(12-16-33)37-35(39)18-10-29-23-28(9-17-34(29)42-6-3)27-7-13-32(14-8-27)43-22-21-41-20-5-2/h7-18,23-24,26H,4-6,19-22,25H2,1-3H3,(H,37,39)/b18-10+/t44-/m1/s1. The quantitative estimate of drug-likeness (QED) is 0.100. The van der Waals surface area contributed by atoms with Crippen LogP contribution in [0.5, 0.6) is 11.5 Å². The van der Waals surface area contributed by atoms with E-state index < -0.39 is 10.8 Å². The van der Waals surface area contributed by atoms with Crippen LogP contribution in [0.1, 0.15) is 44.9 Å². The Morgan fingerprint density at radius 3 is 2.41 bits per heavy atom. The molecule has 0 saturated heterocycles. The van der Waals surface area contributed by atoms with Crippen molar-refractivity contribution < 1.29 is 23.2 Å². The van der Waals surface area contributed by atoms with Gasteiger partial charge in [-0.25, -0.2) is 4.98 Å². The third kappa shape index (κ3) is 9.65. The lowest BCUT2D eigenvalue weighted by Gasteiger charge is -2.11. The van der Waals surface area contributed by atoms with Crippen molar-refractivity contribution in [1.82, 2.24) is 9.55 Å². The van der Waals surface area contributed by atoms with Crippen molar-refractivity contribution in [2.24, 2.45) is 0 Å². The van der Waals surface area contributed by atoms with Crippen LogP contribution in [0.15, 0.2) is 90.2 Å². The maximum Gasteiger partial charge on any atom is 0.248 e. The summed E-state index contributed by atoms with van der Waals surface area (Å²) in [6.45, 7) is 9.28. The Balaban J connectivity index is 1.37. The number of ether oxygens (including phenoxy) is 3. The van der Waals surface area contributed by atoms with Gasteiger partial charge < -0.3 is 24.1 Å². The second-order valence-electron chi connectivity index (χ2n) is 10.1. The molecule has 0 spiro atoms. The van der Waals surface area contributed by atoms with Gasteiger partial charge in [-0.2, -0.15) is 0 Å². The van der Waals surface area contributed by atoms with Gasteiger partial charge in [-0.15, -0.1) is 0 Å². The molecule has 44 heavy (non-hydrogen) atoms.